The largest absolute Gasteiger partial charge is 0.466 e. The number of ether oxygens (including phenoxy) is 1. The molecule has 1 aromatic heterocycles. The van der Waals surface area contributed by atoms with Crippen LogP contribution in [0.15, 0.2) is 28.9 Å². The van der Waals surface area contributed by atoms with Gasteiger partial charge in [-0.15, -0.1) is 0 Å². The van der Waals surface area contributed by atoms with Gasteiger partial charge in [-0.05, 0) is 56.8 Å². The van der Waals surface area contributed by atoms with E-state index in [-0.39, 0.29) is 24.1 Å². The number of furan rings is 1. The highest BCUT2D eigenvalue weighted by Crippen LogP contribution is 2.35. The average molecular weight is 656 g/mol. The van der Waals surface area contributed by atoms with Crippen LogP contribution in [0.4, 0.5) is 10.1 Å². The molecule has 1 aliphatic carbocycles. The average Bonchev–Trinajstić information content (AvgIpc) is 3.58. The van der Waals surface area contributed by atoms with Gasteiger partial charge in [-0.1, -0.05) is 45.6 Å². The highest BCUT2D eigenvalue weighted by molar-refractivity contribution is 6.04. The number of aliphatic hydroxyl groups is 1. The van der Waals surface area contributed by atoms with Gasteiger partial charge in [0.05, 0.1) is 23.9 Å². The van der Waals surface area contributed by atoms with Crippen LogP contribution in [0.5, 0.6) is 0 Å². The lowest BCUT2D eigenvalue weighted by atomic mass is 9.79. The highest BCUT2D eigenvalue weighted by atomic mass is 19.1. The number of anilines is 1. The minimum Gasteiger partial charge on any atom is -0.466 e. The van der Waals surface area contributed by atoms with Crippen molar-refractivity contribution in [3.63, 3.8) is 0 Å². The molecule has 0 spiro atoms. The molecule has 4 N–H and O–H groups in total. The van der Waals surface area contributed by atoms with Crippen molar-refractivity contribution in [1.29, 1.82) is 0 Å². The first-order valence-corrected chi connectivity index (χ1v) is 17.0. The van der Waals surface area contributed by atoms with Gasteiger partial charge in [0.25, 0.3) is 5.91 Å². The number of fused-ring (bicyclic) bond motifs is 1. The van der Waals surface area contributed by atoms with Crippen molar-refractivity contribution in [2.45, 2.75) is 103 Å². The number of rotatable bonds is 11. The first kappa shape index (κ1) is 35.0. The lowest BCUT2D eigenvalue weighted by Crippen LogP contribution is -2.59. The van der Waals surface area contributed by atoms with Crippen LogP contribution >= 0.6 is 0 Å². The summed E-state index contributed by atoms with van der Waals surface area (Å²) in [4.78, 5) is 45.2. The summed E-state index contributed by atoms with van der Waals surface area (Å²) in [5.41, 5.74) is 0.258. The Morgan fingerprint density at radius 1 is 1.09 bits per heavy atom. The molecule has 47 heavy (non-hydrogen) atoms. The first-order valence-electron chi connectivity index (χ1n) is 17.0. The summed E-state index contributed by atoms with van der Waals surface area (Å²) >= 11 is 0. The summed E-state index contributed by atoms with van der Waals surface area (Å²) in [5.74, 6) is -1.72. The molecule has 258 valence electrons. The summed E-state index contributed by atoms with van der Waals surface area (Å²) in [6, 6.07) is 3.77. The monoisotopic (exact) mass is 655 g/mol. The predicted octanol–water partition coefficient (Wildman–Crippen LogP) is 4.11. The summed E-state index contributed by atoms with van der Waals surface area (Å²) < 4.78 is 26.7. The number of carbonyl (C=O) groups is 3. The van der Waals surface area contributed by atoms with E-state index in [4.69, 9.17) is 9.15 Å². The fourth-order valence-electron chi connectivity index (χ4n) is 6.98. The zero-order chi connectivity index (χ0) is 33.7. The van der Waals surface area contributed by atoms with Gasteiger partial charge in [0.1, 0.15) is 36.2 Å². The standard InChI is InChI=1S/C35H50FN5O6/c1-5-30(42)38-31(33(44)41-16-14-40(4)15-17-41)22(2)23-12-13-28(27(36)18-23)37-34(45)35(3,24-10-8-6-7-9-11-24)39-32(43)26-20-47-29-21-46-19-25(26)29/h12-13,18,20,22,24,30-31,38,42H,5-11,14-17,19,21H2,1-4H3,(H,37,45)(H,39,43)/t22-,30?,31+,35+/m0/s1. The molecule has 2 fully saturated rings. The molecule has 3 heterocycles. The van der Waals surface area contributed by atoms with E-state index in [1.54, 1.807) is 17.9 Å². The fourth-order valence-corrected chi connectivity index (χ4v) is 6.98. The third-order valence-corrected chi connectivity index (χ3v) is 10.3. The number of nitrogens with one attached hydrogen (secondary N) is 3. The molecular weight excluding hydrogens is 605 g/mol. The van der Waals surface area contributed by atoms with Crippen molar-refractivity contribution in [2.24, 2.45) is 5.92 Å². The van der Waals surface area contributed by atoms with E-state index in [0.717, 1.165) is 51.6 Å². The van der Waals surface area contributed by atoms with E-state index in [1.807, 2.05) is 20.9 Å². The van der Waals surface area contributed by atoms with E-state index in [9.17, 15) is 19.5 Å². The van der Waals surface area contributed by atoms with Crippen LogP contribution in [-0.4, -0.2) is 83.7 Å². The Kier molecular flexibility index (Phi) is 11.4. The number of benzene rings is 1. The van der Waals surface area contributed by atoms with E-state index in [2.05, 4.69) is 20.9 Å². The number of hydrogen-bond donors (Lipinski definition) is 4. The molecule has 11 nitrogen and oxygen atoms in total. The Balaban J connectivity index is 1.35. The normalized spacial score (nSPS) is 20.9. The SMILES string of the molecule is CCC(O)N[C@@H](C(=O)N1CCN(C)CC1)[C@@H](C)c1ccc(NC(=O)[C@](C)(NC(=O)c2coc3c2COC3)C2CCCCCC2)c(F)c1. The van der Waals surface area contributed by atoms with E-state index >= 15 is 4.39 Å². The number of amides is 3. The van der Waals surface area contributed by atoms with Crippen LogP contribution in [0.3, 0.4) is 0 Å². The predicted molar refractivity (Wildman–Crippen MR) is 175 cm³/mol. The topological polar surface area (TPSA) is 136 Å². The molecule has 1 aromatic carbocycles. The number of carbonyl (C=O) groups excluding carboxylic acids is 3. The van der Waals surface area contributed by atoms with Gasteiger partial charge in [-0.3, -0.25) is 19.7 Å². The Bertz CT molecular complexity index is 1420. The molecule has 5 rings (SSSR count). The number of likely N-dealkylation sites (N-methyl/N-ethyl adjacent to an activating group) is 1. The van der Waals surface area contributed by atoms with Gasteiger partial charge in [0.15, 0.2) is 0 Å². The minimum absolute atomic E-state index is 0.0128. The zero-order valence-electron chi connectivity index (χ0n) is 28.1. The molecule has 0 bridgehead atoms. The maximum absolute atomic E-state index is 15.8. The molecule has 1 saturated heterocycles. The molecular formula is C35H50FN5O6. The second-order valence-electron chi connectivity index (χ2n) is 13.6. The van der Waals surface area contributed by atoms with Crippen LogP contribution in [0.2, 0.25) is 0 Å². The minimum atomic E-state index is -1.32. The summed E-state index contributed by atoms with van der Waals surface area (Å²) in [6.07, 6.45) is 6.44. The van der Waals surface area contributed by atoms with Gasteiger partial charge in [-0.25, -0.2) is 4.39 Å². The Labute approximate surface area is 276 Å². The van der Waals surface area contributed by atoms with Crippen LogP contribution in [-0.2, 0) is 27.5 Å². The number of halogens is 1. The Morgan fingerprint density at radius 3 is 2.45 bits per heavy atom. The van der Waals surface area contributed by atoms with Crippen molar-refractivity contribution < 1.29 is 33.0 Å². The second kappa shape index (κ2) is 15.3. The molecule has 4 atom stereocenters. The van der Waals surface area contributed by atoms with Crippen molar-refractivity contribution in [2.75, 3.05) is 38.5 Å². The highest BCUT2D eigenvalue weighted by Gasteiger charge is 2.44. The van der Waals surface area contributed by atoms with E-state index < -0.39 is 41.4 Å². The number of piperazine rings is 1. The summed E-state index contributed by atoms with van der Waals surface area (Å²) in [5, 5.41) is 19.3. The fraction of sp³-hybridized carbons (Fsp3) is 0.629. The van der Waals surface area contributed by atoms with Crippen LogP contribution in [0.25, 0.3) is 0 Å². The van der Waals surface area contributed by atoms with Crippen molar-refractivity contribution in [3.8, 4) is 0 Å². The zero-order valence-corrected chi connectivity index (χ0v) is 28.1. The summed E-state index contributed by atoms with van der Waals surface area (Å²) in [6.45, 7) is 8.61. The molecule has 1 unspecified atom stereocenters. The maximum atomic E-state index is 15.8. The molecule has 2 aliphatic heterocycles. The maximum Gasteiger partial charge on any atom is 0.255 e. The lowest BCUT2D eigenvalue weighted by molar-refractivity contribution is -0.136. The van der Waals surface area contributed by atoms with Crippen molar-refractivity contribution >= 4 is 23.4 Å². The Morgan fingerprint density at radius 2 is 1.79 bits per heavy atom. The van der Waals surface area contributed by atoms with E-state index in [0.29, 0.717) is 48.6 Å². The molecule has 12 heteroatoms. The first-order chi connectivity index (χ1) is 22.5. The van der Waals surface area contributed by atoms with Crippen LogP contribution in [0.1, 0.15) is 98.9 Å². The van der Waals surface area contributed by atoms with Gasteiger partial charge in [-0.2, -0.15) is 0 Å². The molecule has 3 amide bonds. The number of hydrogen-bond acceptors (Lipinski definition) is 8. The summed E-state index contributed by atoms with van der Waals surface area (Å²) in [7, 11) is 2.01. The van der Waals surface area contributed by atoms with Crippen LogP contribution < -0.4 is 16.0 Å². The molecule has 0 radical (unpaired) electrons. The lowest BCUT2D eigenvalue weighted by Gasteiger charge is -2.37. The number of nitrogens with zero attached hydrogens (tertiary/aromatic N) is 2. The molecule has 2 aromatic rings. The van der Waals surface area contributed by atoms with Gasteiger partial charge in [0.2, 0.25) is 11.8 Å². The molecule has 3 aliphatic rings. The third-order valence-electron chi connectivity index (χ3n) is 10.3. The van der Waals surface area contributed by atoms with Crippen molar-refractivity contribution in [3.05, 3.63) is 52.7 Å². The van der Waals surface area contributed by atoms with Gasteiger partial charge in [0, 0.05) is 37.7 Å². The van der Waals surface area contributed by atoms with Gasteiger partial charge < -0.3 is 34.7 Å². The molecule has 1 saturated carbocycles. The van der Waals surface area contributed by atoms with Crippen LogP contribution in [0, 0.1) is 11.7 Å². The quantitative estimate of drug-likeness (QED) is 0.210. The second-order valence-corrected chi connectivity index (χ2v) is 13.6. The Hall–Kier alpha value is -3.32. The van der Waals surface area contributed by atoms with Crippen molar-refractivity contribution in [1.82, 2.24) is 20.4 Å². The van der Waals surface area contributed by atoms with Gasteiger partial charge >= 0.3 is 0 Å². The third kappa shape index (κ3) is 7.88. The van der Waals surface area contributed by atoms with E-state index in [1.165, 1.54) is 18.4 Å². The smallest absolute Gasteiger partial charge is 0.255 e. The number of aliphatic hydroxyl groups excluding tert-OH is 1.